The van der Waals surface area contributed by atoms with Gasteiger partial charge in [-0.15, -0.1) is 0 Å². The molecule has 2 aromatic carbocycles. The van der Waals surface area contributed by atoms with Crippen LogP contribution in [0.2, 0.25) is 0 Å². The molecule has 0 aliphatic heterocycles. The quantitative estimate of drug-likeness (QED) is 0.350. The number of aromatic carboxylic acids is 2. The molecule has 0 saturated carbocycles. The second kappa shape index (κ2) is 16.1. The fourth-order valence-electron chi connectivity index (χ4n) is 3.45. The van der Waals surface area contributed by atoms with Crippen molar-refractivity contribution in [2.45, 2.75) is 66.2 Å². The number of benzene rings is 2. The third kappa shape index (κ3) is 9.17. The van der Waals surface area contributed by atoms with E-state index in [1.165, 1.54) is 24.3 Å². The van der Waals surface area contributed by atoms with E-state index in [4.69, 9.17) is 19.7 Å². The average Bonchev–Trinajstić information content (AvgIpc) is 2.87. The molecule has 8 nitrogen and oxygen atoms in total. The van der Waals surface area contributed by atoms with Gasteiger partial charge in [0.2, 0.25) is 0 Å². The normalized spacial score (nSPS) is 10.1. The first-order valence-electron chi connectivity index (χ1n) is 12.3. The van der Waals surface area contributed by atoms with Crippen LogP contribution in [0.25, 0.3) is 0 Å². The van der Waals surface area contributed by atoms with Crippen LogP contribution in [0.15, 0.2) is 36.4 Å². The van der Waals surface area contributed by atoms with Crippen molar-refractivity contribution in [2.24, 2.45) is 0 Å². The fraction of sp³-hybridized carbons (Fsp3) is 0.429. The molecule has 0 atom stereocenters. The Morgan fingerprint density at radius 1 is 0.583 bits per heavy atom. The molecule has 0 amide bonds. The predicted octanol–water partition coefficient (Wildman–Crippen LogP) is 5.81. The van der Waals surface area contributed by atoms with Crippen LogP contribution in [0.3, 0.4) is 0 Å². The molecule has 0 aliphatic carbocycles. The summed E-state index contributed by atoms with van der Waals surface area (Å²) in [5, 5.41) is 16.9. The smallest absolute Gasteiger partial charge is 0.338 e. The monoisotopic (exact) mass is 500 g/mol. The minimum Gasteiger partial charge on any atom is -0.478 e. The summed E-state index contributed by atoms with van der Waals surface area (Å²) in [4.78, 5) is 45.4. The van der Waals surface area contributed by atoms with Gasteiger partial charge in [-0.1, -0.05) is 40.5 Å². The molecule has 2 rings (SSSR count). The van der Waals surface area contributed by atoms with Crippen LogP contribution in [-0.4, -0.2) is 47.3 Å². The zero-order chi connectivity index (χ0) is 27.1. The summed E-state index contributed by atoms with van der Waals surface area (Å²) in [5.41, 5.74) is 3.21. The number of rotatable bonds is 12. The van der Waals surface area contributed by atoms with Crippen molar-refractivity contribution in [1.82, 2.24) is 0 Å². The van der Waals surface area contributed by atoms with Crippen molar-refractivity contribution in [1.29, 1.82) is 0 Å². The van der Waals surface area contributed by atoms with Gasteiger partial charge < -0.3 is 19.7 Å². The van der Waals surface area contributed by atoms with Crippen LogP contribution in [0.1, 0.15) is 106 Å². The molecular weight excluding hydrogens is 464 g/mol. The molecule has 0 aromatic heterocycles. The van der Waals surface area contributed by atoms with E-state index in [2.05, 4.69) is 13.8 Å². The fourth-order valence-corrected chi connectivity index (χ4v) is 3.45. The zero-order valence-corrected chi connectivity index (χ0v) is 21.5. The summed E-state index contributed by atoms with van der Waals surface area (Å²) >= 11 is 0. The summed E-state index contributed by atoms with van der Waals surface area (Å²) in [5.74, 6) is -2.73. The third-order valence-corrected chi connectivity index (χ3v) is 5.12. The van der Waals surface area contributed by atoms with Gasteiger partial charge in [-0.3, -0.25) is 0 Å². The SMILES string of the molecule is CCCOC(=O)c1ccc(C(=O)OCCC)c(CCC)c1CCC.O=C(O)c1ccc(C(=O)O)cc1. The maximum Gasteiger partial charge on any atom is 0.338 e. The van der Waals surface area contributed by atoms with Gasteiger partial charge in [-0.2, -0.15) is 0 Å². The molecule has 36 heavy (non-hydrogen) atoms. The van der Waals surface area contributed by atoms with Gasteiger partial charge in [0.05, 0.1) is 35.5 Å². The van der Waals surface area contributed by atoms with Crippen LogP contribution in [0.5, 0.6) is 0 Å². The summed E-state index contributed by atoms with van der Waals surface area (Å²) in [6.45, 7) is 8.89. The number of hydrogen-bond donors (Lipinski definition) is 2. The molecule has 2 N–H and O–H groups in total. The van der Waals surface area contributed by atoms with E-state index in [-0.39, 0.29) is 23.1 Å². The van der Waals surface area contributed by atoms with Crippen LogP contribution in [-0.2, 0) is 22.3 Å². The van der Waals surface area contributed by atoms with Crippen molar-refractivity contribution < 1.29 is 38.9 Å². The molecule has 0 radical (unpaired) electrons. The van der Waals surface area contributed by atoms with Crippen molar-refractivity contribution >= 4 is 23.9 Å². The maximum absolute atomic E-state index is 12.4. The lowest BCUT2D eigenvalue weighted by atomic mass is 9.90. The Kier molecular flexibility index (Phi) is 13.6. The van der Waals surface area contributed by atoms with Crippen molar-refractivity contribution in [3.63, 3.8) is 0 Å². The third-order valence-electron chi connectivity index (χ3n) is 5.12. The first-order valence-corrected chi connectivity index (χ1v) is 12.3. The van der Waals surface area contributed by atoms with Crippen LogP contribution in [0.4, 0.5) is 0 Å². The van der Waals surface area contributed by atoms with E-state index < -0.39 is 11.9 Å². The van der Waals surface area contributed by atoms with E-state index in [1.807, 2.05) is 13.8 Å². The Balaban J connectivity index is 0.000000450. The van der Waals surface area contributed by atoms with E-state index in [0.717, 1.165) is 49.7 Å². The van der Waals surface area contributed by atoms with Gasteiger partial charge in [0.1, 0.15) is 0 Å². The van der Waals surface area contributed by atoms with Crippen LogP contribution < -0.4 is 0 Å². The first kappa shape index (κ1) is 30.4. The predicted molar refractivity (Wildman–Crippen MR) is 136 cm³/mol. The highest BCUT2D eigenvalue weighted by Crippen LogP contribution is 2.25. The molecule has 8 heteroatoms. The van der Waals surface area contributed by atoms with Crippen molar-refractivity contribution in [2.75, 3.05) is 13.2 Å². The first-order chi connectivity index (χ1) is 17.2. The van der Waals surface area contributed by atoms with Crippen LogP contribution in [0, 0.1) is 0 Å². The summed E-state index contributed by atoms with van der Waals surface area (Å²) in [6.07, 6.45) is 4.88. The molecule has 0 aliphatic rings. The Morgan fingerprint density at radius 2 is 0.917 bits per heavy atom. The molecule has 0 bridgehead atoms. The molecule has 196 valence electrons. The Bertz CT molecular complexity index is 943. The molecule has 0 spiro atoms. The molecule has 0 saturated heterocycles. The van der Waals surface area contributed by atoms with Crippen LogP contribution >= 0.6 is 0 Å². The maximum atomic E-state index is 12.4. The highest BCUT2D eigenvalue weighted by Gasteiger charge is 2.22. The highest BCUT2D eigenvalue weighted by atomic mass is 16.5. The highest BCUT2D eigenvalue weighted by molar-refractivity contribution is 5.96. The zero-order valence-electron chi connectivity index (χ0n) is 21.5. The van der Waals surface area contributed by atoms with Gasteiger partial charge >= 0.3 is 23.9 Å². The lowest BCUT2D eigenvalue weighted by Gasteiger charge is -2.17. The lowest BCUT2D eigenvalue weighted by molar-refractivity contribution is 0.0488. The summed E-state index contributed by atoms with van der Waals surface area (Å²) in [7, 11) is 0. The van der Waals surface area contributed by atoms with Gasteiger partial charge in [-0.25, -0.2) is 19.2 Å². The van der Waals surface area contributed by atoms with Crippen molar-refractivity contribution in [3.8, 4) is 0 Å². The summed E-state index contributed by atoms with van der Waals surface area (Å²) < 4.78 is 10.6. The topological polar surface area (TPSA) is 127 Å². The Labute approximate surface area is 212 Å². The Morgan fingerprint density at radius 3 is 1.17 bits per heavy atom. The average molecular weight is 501 g/mol. The lowest BCUT2D eigenvalue weighted by Crippen LogP contribution is -2.16. The second-order valence-electron chi connectivity index (χ2n) is 8.08. The number of carboxylic acid groups (broad SMARTS) is 2. The van der Waals surface area contributed by atoms with Crippen molar-refractivity contribution in [3.05, 3.63) is 69.8 Å². The summed E-state index contributed by atoms with van der Waals surface area (Å²) in [6, 6.07) is 8.45. The number of hydrogen-bond acceptors (Lipinski definition) is 6. The van der Waals surface area contributed by atoms with Gasteiger partial charge in [0.15, 0.2) is 0 Å². The standard InChI is InChI=1S/C20H30O4.C8H6O4/c1-5-9-15-16(10-6-2)18(20(22)24-14-8-4)12-11-17(15)19(21)23-13-7-3;9-7(10)5-1-2-6(4-3-5)8(11)12/h11-12H,5-10,13-14H2,1-4H3;1-4H,(H,9,10)(H,11,12). The number of carbonyl (C=O) groups excluding carboxylic acids is 2. The number of carbonyl (C=O) groups is 4. The number of esters is 2. The minimum absolute atomic E-state index is 0.0833. The van der Waals surface area contributed by atoms with E-state index in [0.29, 0.717) is 24.3 Å². The van der Waals surface area contributed by atoms with E-state index in [9.17, 15) is 19.2 Å². The molecule has 0 unspecified atom stereocenters. The second-order valence-corrected chi connectivity index (χ2v) is 8.08. The van der Waals surface area contributed by atoms with Gasteiger partial charge in [0.25, 0.3) is 0 Å². The van der Waals surface area contributed by atoms with E-state index >= 15 is 0 Å². The van der Waals surface area contributed by atoms with Gasteiger partial charge in [-0.05, 0) is 73.2 Å². The van der Waals surface area contributed by atoms with E-state index in [1.54, 1.807) is 12.1 Å². The number of carboxylic acids is 2. The Hall–Kier alpha value is -3.68. The largest absolute Gasteiger partial charge is 0.478 e. The molecule has 0 heterocycles. The van der Waals surface area contributed by atoms with Gasteiger partial charge in [0, 0.05) is 0 Å². The molecular formula is C28H36O8. The number of ether oxygens (including phenoxy) is 2. The molecule has 2 aromatic rings. The molecule has 0 fully saturated rings. The minimum atomic E-state index is -1.06.